The van der Waals surface area contributed by atoms with Gasteiger partial charge >= 0.3 is 0 Å². The number of carbonyl (C=O) groups excluding carboxylic acids is 1. The Hall–Kier alpha value is -1.11. The average molecular weight is 220 g/mol. The molecule has 0 aliphatic heterocycles. The van der Waals surface area contributed by atoms with Crippen molar-refractivity contribution in [3.8, 4) is 0 Å². The molecule has 1 atom stereocenters. The molecule has 0 aromatic rings. The van der Waals surface area contributed by atoms with Crippen LogP contribution < -0.4 is 0 Å². The Morgan fingerprint density at radius 3 is 2.50 bits per heavy atom. The highest BCUT2D eigenvalue weighted by molar-refractivity contribution is 5.50. The van der Waals surface area contributed by atoms with Crippen LogP contribution in [0.4, 0.5) is 0 Å². The highest BCUT2D eigenvalue weighted by Gasteiger charge is 1.92. The minimum Gasteiger partial charge on any atom is -0.303 e. The van der Waals surface area contributed by atoms with Gasteiger partial charge in [-0.15, -0.1) is 0 Å². The molecule has 0 rings (SSSR count). The lowest BCUT2D eigenvalue weighted by Crippen LogP contribution is -1.88. The summed E-state index contributed by atoms with van der Waals surface area (Å²) >= 11 is 0. The SMILES string of the molecule is CC(C)=CCCC(C)=CC=CC(C)CC=O. The molecular formula is C15H24O. The molecule has 0 bridgehead atoms. The van der Waals surface area contributed by atoms with Gasteiger partial charge in [-0.05, 0) is 39.5 Å². The van der Waals surface area contributed by atoms with E-state index in [2.05, 4.69) is 52.0 Å². The molecule has 0 aromatic carbocycles. The van der Waals surface area contributed by atoms with E-state index in [-0.39, 0.29) is 0 Å². The van der Waals surface area contributed by atoms with Gasteiger partial charge in [-0.3, -0.25) is 0 Å². The maximum absolute atomic E-state index is 10.3. The lowest BCUT2D eigenvalue weighted by Gasteiger charge is -1.99. The predicted molar refractivity (Wildman–Crippen MR) is 71.4 cm³/mol. The monoisotopic (exact) mass is 220 g/mol. The van der Waals surface area contributed by atoms with Crippen molar-refractivity contribution in [2.45, 2.75) is 47.0 Å². The summed E-state index contributed by atoms with van der Waals surface area (Å²) in [7, 11) is 0. The zero-order valence-electron chi connectivity index (χ0n) is 11.0. The Kier molecular flexibility index (Phi) is 8.51. The van der Waals surface area contributed by atoms with Crippen molar-refractivity contribution in [3.05, 3.63) is 35.5 Å². The van der Waals surface area contributed by atoms with Gasteiger partial charge in [0, 0.05) is 6.42 Å². The average Bonchev–Trinajstić information content (AvgIpc) is 2.17. The Labute approximate surface area is 99.9 Å². The smallest absolute Gasteiger partial charge is 0.120 e. The molecule has 1 heteroatoms. The number of hydrogen-bond acceptors (Lipinski definition) is 1. The molecule has 0 amide bonds. The first-order valence-corrected chi connectivity index (χ1v) is 5.97. The molecule has 0 spiro atoms. The maximum atomic E-state index is 10.3. The first kappa shape index (κ1) is 14.9. The Bertz CT molecular complexity index is 278. The molecule has 0 aliphatic carbocycles. The van der Waals surface area contributed by atoms with E-state index in [0.717, 1.165) is 19.1 Å². The Morgan fingerprint density at radius 1 is 1.25 bits per heavy atom. The normalized spacial score (nSPS) is 13.9. The van der Waals surface area contributed by atoms with Crippen LogP contribution in [0.25, 0.3) is 0 Å². The first-order chi connectivity index (χ1) is 7.56. The van der Waals surface area contributed by atoms with E-state index in [1.54, 1.807) is 0 Å². The number of hydrogen-bond donors (Lipinski definition) is 0. The van der Waals surface area contributed by atoms with Gasteiger partial charge in [-0.2, -0.15) is 0 Å². The van der Waals surface area contributed by atoms with Crippen LogP contribution in [0.5, 0.6) is 0 Å². The summed E-state index contributed by atoms with van der Waals surface area (Å²) in [4.78, 5) is 10.3. The topological polar surface area (TPSA) is 17.1 Å². The van der Waals surface area contributed by atoms with Crippen molar-refractivity contribution in [1.82, 2.24) is 0 Å². The van der Waals surface area contributed by atoms with Crippen LogP contribution in [-0.4, -0.2) is 6.29 Å². The third-order valence-electron chi connectivity index (χ3n) is 2.38. The molecule has 0 N–H and O–H groups in total. The molecule has 90 valence electrons. The highest BCUT2D eigenvalue weighted by atomic mass is 16.1. The summed E-state index contributed by atoms with van der Waals surface area (Å²) in [6, 6.07) is 0. The lowest BCUT2D eigenvalue weighted by molar-refractivity contribution is -0.108. The van der Waals surface area contributed by atoms with Crippen LogP contribution in [0.1, 0.15) is 47.0 Å². The van der Waals surface area contributed by atoms with E-state index in [0.29, 0.717) is 12.3 Å². The molecular weight excluding hydrogens is 196 g/mol. The predicted octanol–water partition coefficient (Wildman–Crippen LogP) is 4.46. The van der Waals surface area contributed by atoms with Crippen molar-refractivity contribution in [3.63, 3.8) is 0 Å². The third kappa shape index (κ3) is 9.45. The highest BCUT2D eigenvalue weighted by Crippen LogP contribution is 2.08. The van der Waals surface area contributed by atoms with E-state index >= 15 is 0 Å². The largest absolute Gasteiger partial charge is 0.303 e. The van der Waals surface area contributed by atoms with E-state index in [1.165, 1.54) is 11.1 Å². The van der Waals surface area contributed by atoms with Gasteiger partial charge in [0.2, 0.25) is 0 Å². The van der Waals surface area contributed by atoms with Crippen molar-refractivity contribution in [2.24, 2.45) is 5.92 Å². The molecule has 0 aliphatic rings. The number of rotatable bonds is 7. The Morgan fingerprint density at radius 2 is 1.94 bits per heavy atom. The second kappa shape index (κ2) is 9.14. The van der Waals surface area contributed by atoms with Crippen molar-refractivity contribution >= 4 is 6.29 Å². The molecule has 0 radical (unpaired) electrons. The van der Waals surface area contributed by atoms with Crippen molar-refractivity contribution in [2.75, 3.05) is 0 Å². The summed E-state index contributed by atoms with van der Waals surface area (Å²) < 4.78 is 0. The van der Waals surface area contributed by atoms with E-state index in [1.807, 2.05) is 0 Å². The molecule has 16 heavy (non-hydrogen) atoms. The van der Waals surface area contributed by atoms with Crippen LogP contribution in [0.2, 0.25) is 0 Å². The maximum Gasteiger partial charge on any atom is 0.120 e. The molecule has 0 fully saturated rings. The van der Waals surface area contributed by atoms with Gasteiger partial charge < -0.3 is 4.79 Å². The van der Waals surface area contributed by atoms with E-state index in [9.17, 15) is 4.79 Å². The fourth-order valence-corrected chi connectivity index (χ4v) is 1.31. The van der Waals surface area contributed by atoms with E-state index in [4.69, 9.17) is 0 Å². The van der Waals surface area contributed by atoms with Crippen LogP contribution in [-0.2, 0) is 4.79 Å². The van der Waals surface area contributed by atoms with Gasteiger partial charge in [-0.25, -0.2) is 0 Å². The molecule has 1 nitrogen and oxygen atoms in total. The summed E-state index contributed by atoms with van der Waals surface area (Å²) in [6.07, 6.45) is 12.3. The molecule has 0 saturated heterocycles. The summed E-state index contributed by atoms with van der Waals surface area (Å²) in [6.45, 7) is 8.45. The fraction of sp³-hybridized carbons (Fsp3) is 0.533. The third-order valence-corrected chi connectivity index (χ3v) is 2.38. The fourth-order valence-electron chi connectivity index (χ4n) is 1.31. The minimum absolute atomic E-state index is 0.347. The summed E-state index contributed by atoms with van der Waals surface area (Å²) in [5, 5.41) is 0. The summed E-state index contributed by atoms with van der Waals surface area (Å²) in [5.41, 5.74) is 2.76. The zero-order chi connectivity index (χ0) is 12.4. The van der Waals surface area contributed by atoms with Gasteiger partial charge in [0.05, 0.1) is 0 Å². The minimum atomic E-state index is 0.347. The second-order valence-corrected chi connectivity index (χ2v) is 4.60. The van der Waals surface area contributed by atoms with E-state index < -0.39 is 0 Å². The van der Waals surface area contributed by atoms with Crippen molar-refractivity contribution in [1.29, 1.82) is 0 Å². The molecule has 1 unspecified atom stereocenters. The number of aldehydes is 1. The van der Waals surface area contributed by atoms with Gasteiger partial charge in [0.1, 0.15) is 6.29 Å². The van der Waals surface area contributed by atoms with Gasteiger partial charge in [0.25, 0.3) is 0 Å². The number of carbonyl (C=O) groups is 1. The van der Waals surface area contributed by atoms with Crippen LogP contribution >= 0.6 is 0 Å². The first-order valence-electron chi connectivity index (χ1n) is 5.97. The zero-order valence-corrected chi connectivity index (χ0v) is 11.0. The summed E-state index contributed by atoms with van der Waals surface area (Å²) in [5.74, 6) is 0.347. The van der Waals surface area contributed by atoms with Gasteiger partial charge in [-0.1, -0.05) is 42.4 Å². The van der Waals surface area contributed by atoms with Gasteiger partial charge in [0.15, 0.2) is 0 Å². The molecule has 0 saturated carbocycles. The standard InChI is InChI=1S/C15H24O/c1-13(2)7-5-8-14(3)9-6-10-15(4)11-12-16/h6-7,9-10,12,15H,5,8,11H2,1-4H3. The lowest BCUT2D eigenvalue weighted by atomic mass is 10.1. The van der Waals surface area contributed by atoms with Crippen LogP contribution in [0.15, 0.2) is 35.5 Å². The number of allylic oxidation sites excluding steroid dienone is 6. The quantitative estimate of drug-likeness (QED) is 0.352. The van der Waals surface area contributed by atoms with Crippen molar-refractivity contribution < 1.29 is 4.79 Å². The molecule has 0 aromatic heterocycles. The Balaban J connectivity index is 3.94. The van der Waals surface area contributed by atoms with Crippen LogP contribution in [0, 0.1) is 5.92 Å². The second-order valence-electron chi connectivity index (χ2n) is 4.60. The van der Waals surface area contributed by atoms with Crippen LogP contribution in [0.3, 0.4) is 0 Å². The molecule has 0 heterocycles.